The van der Waals surface area contributed by atoms with E-state index >= 15 is 0 Å². The van der Waals surface area contributed by atoms with Gasteiger partial charge in [-0.3, -0.25) is 4.79 Å². The molecule has 1 amide bonds. The first-order valence-electron chi connectivity index (χ1n) is 9.45. The molecular weight excluding hydrogens is 300 g/mol. The van der Waals surface area contributed by atoms with Crippen molar-refractivity contribution in [3.63, 3.8) is 0 Å². The molecular formula is C20H26N2O2. The minimum atomic E-state index is 0.111. The van der Waals surface area contributed by atoms with Crippen LogP contribution in [0, 0.1) is 23.2 Å². The van der Waals surface area contributed by atoms with Gasteiger partial charge in [0, 0.05) is 23.6 Å². The highest BCUT2D eigenvalue weighted by Crippen LogP contribution is 2.63. The molecule has 5 rings (SSSR count). The Bertz CT molecular complexity index is 736. The lowest BCUT2D eigenvalue weighted by Gasteiger charge is -2.56. The Morgan fingerprint density at radius 2 is 2.08 bits per heavy atom. The second-order valence-electron chi connectivity index (χ2n) is 8.89. The summed E-state index contributed by atoms with van der Waals surface area (Å²) >= 11 is 0. The van der Waals surface area contributed by atoms with Crippen LogP contribution in [-0.4, -0.2) is 17.6 Å². The summed E-state index contributed by atoms with van der Waals surface area (Å²) in [6.07, 6.45) is 10.7. The summed E-state index contributed by atoms with van der Waals surface area (Å²) in [5, 5.41) is 7.42. The highest BCUT2D eigenvalue weighted by Gasteiger charge is 2.58. The summed E-state index contributed by atoms with van der Waals surface area (Å²) in [6.45, 7) is 5.65. The first-order chi connectivity index (χ1) is 11.5. The van der Waals surface area contributed by atoms with Gasteiger partial charge in [0.2, 0.25) is 5.91 Å². The summed E-state index contributed by atoms with van der Waals surface area (Å²) in [7, 11) is 0. The summed E-state index contributed by atoms with van der Waals surface area (Å²) < 4.78 is 5.27. The number of nitrogens with one attached hydrogen (secondary N) is 1. The van der Waals surface area contributed by atoms with Gasteiger partial charge in [0.15, 0.2) is 0 Å². The fraction of sp³-hybridized carbons (Fsp3) is 0.700. The van der Waals surface area contributed by atoms with Gasteiger partial charge < -0.3 is 9.84 Å². The Balaban J connectivity index is 1.53. The van der Waals surface area contributed by atoms with Crippen LogP contribution in [0.5, 0.6) is 0 Å². The molecule has 24 heavy (non-hydrogen) atoms. The lowest BCUT2D eigenvalue weighted by atomic mass is 9.48. The molecule has 4 aliphatic rings. The topological polar surface area (TPSA) is 55.1 Å². The smallest absolute Gasteiger partial charge is 0.243 e. The van der Waals surface area contributed by atoms with Crippen molar-refractivity contribution in [3.05, 3.63) is 29.2 Å². The predicted molar refractivity (Wildman–Crippen MR) is 90.3 cm³/mol. The summed E-state index contributed by atoms with van der Waals surface area (Å²) in [4.78, 5) is 12.0. The standard InChI is InChI=1S/C20H26N2O2/c1-19-7-8-21-17(23)10-13(19)3-4-14-15(19)5-6-20(2)16(14)9-12-11-24-22-18(12)20/h10-11,14-16H,3-9H2,1-2H3,(H,21,23)/t14-,15+,16+,19+,20+/m1/s1. The van der Waals surface area contributed by atoms with Gasteiger partial charge in [-0.2, -0.15) is 0 Å². The number of carbonyl (C=O) groups is 1. The SMILES string of the molecule is C[C@]12CCNC(=O)C=C1CC[C@@H]1[C@@H]2CC[C@]2(C)c3nocc3C[C@@H]12. The summed E-state index contributed by atoms with van der Waals surface area (Å²) in [5.41, 5.74) is 4.36. The fourth-order valence-corrected chi connectivity index (χ4v) is 6.67. The largest absolute Gasteiger partial charge is 0.364 e. The summed E-state index contributed by atoms with van der Waals surface area (Å²) in [6, 6.07) is 0. The van der Waals surface area contributed by atoms with E-state index in [1.54, 1.807) is 0 Å². The van der Waals surface area contributed by atoms with Crippen molar-refractivity contribution in [1.29, 1.82) is 0 Å². The number of allylic oxidation sites excluding steroid dienone is 1. The molecule has 2 heterocycles. The summed E-state index contributed by atoms with van der Waals surface area (Å²) in [5.74, 6) is 2.24. The molecule has 2 saturated carbocycles. The van der Waals surface area contributed by atoms with Gasteiger partial charge in [0.05, 0.1) is 5.69 Å². The Hall–Kier alpha value is -1.58. The minimum absolute atomic E-state index is 0.111. The molecule has 128 valence electrons. The Kier molecular flexibility index (Phi) is 2.91. The highest BCUT2D eigenvalue weighted by atomic mass is 16.5. The number of rotatable bonds is 0. The molecule has 0 unspecified atom stereocenters. The number of amides is 1. The Morgan fingerprint density at radius 1 is 1.21 bits per heavy atom. The molecule has 0 saturated heterocycles. The molecule has 4 nitrogen and oxygen atoms in total. The molecule has 0 aromatic carbocycles. The van der Waals surface area contributed by atoms with Gasteiger partial charge in [0.1, 0.15) is 6.26 Å². The number of nitrogens with zero attached hydrogens (tertiary/aromatic N) is 1. The van der Waals surface area contributed by atoms with Crippen LogP contribution in [0.1, 0.15) is 57.2 Å². The third-order valence-electron chi connectivity index (χ3n) is 8.00. The molecule has 1 N–H and O–H groups in total. The molecule has 3 aliphatic carbocycles. The maximum atomic E-state index is 12.0. The van der Waals surface area contributed by atoms with Gasteiger partial charge in [-0.1, -0.05) is 24.6 Å². The van der Waals surface area contributed by atoms with E-state index in [1.807, 2.05) is 12.3 Å². The first kappa shape index (κ1) is 14.7. The van der Waals surface area contributed by atoms with Crippen LogP contribution in [0.4, 0.5) is 0 Å². The molecule has 4 heteroatoms. The van der Waals surface area contributed by atoms with Crippen molar-refractivity contribution in [2.24, 2.45) is 23.2 Å². The van der Waals surface area contributed by atoms with Crippen molar-refractivity contribution in [2.45, 2.75) is 57.8 Å². The molecule has 0 bridgehead atoms. The van der Waals surface area contributed by atoms with Gasteiger partial charge in [0.25, 0.3) is 0 Å². The van der Waals surface area contributed by atoms with Gasteiger partial charge in [-0.05, 0) is 61.7 Å². The van der Waals surface area contributed by atoms with Crippen LogP contribution in [0.15, 0.2) is 22.4 Å². The van der Waals surface area contributed by atoms with E-state index in [0.29, 0.717) is 11.8 Å². The molecule has 2 fully saturated rings. The Morgan fingerprint density at radius 3 is 2.96 bits per heavy atom. The van der Waals surface area contributed by atoms with Crippen LogP contribution in [0.25, 0.3) is 0 Å². The average molecular weight is 326 g/mol. The number of carbonyl (C=O) groups excluding carboxylic acids is 1. The maximum absolute atomic E-state index is 12.0. The van der Waals surface area contributed by atoms with E-state index in [4.69, 9.17) is 4.52 Å². The number of fused-ring (bicyclic) bond motifs is 7. The highest BCUT2D eigenvalue weighted by molar-refractivity contribution is 5.88. The van der Waals surface area contributed by atoms with Gasteiger partial charge in [-0.15, -0.1) is 0 Å². The molecule has 0 radical (unpaired) electrons. The quantitative estimate of drug-likeness (QED) is 0.795. The van der Waals surface area contributed by atoms with E-state index in [1.165, 1.54) is 36.1 Å². The van der Waals surface area contributed by atoms with Crippen LogP contribution in [0.3, 0.4) is 0 Å². The minimum Gasteiger partial charge on any atom is -0.364 e. The molecule has 0 spiro atoms. The zero-order chi connectivity index (χ0) is 16.5. The van der Waals surface area contributed by atoms with Crippen LogP contribution < -0.4 is 5.32 Å². The normalized spacial score (nSPS) is 43.7. The van der Waals surface area contributed by atoms with Gasteiger partial charge >= 0.3 is 0 Å². The molecule has 5 atom stereocenters. The lowest BCUT2D eigenvalue weighted by Crippen LogP contribution is -2.50. The number of hydrogen-bond donors (Lipinski definition) is 1. The third kappa shape index (κ3) is 1.75. The number of hydrogen-bond acceptors (Lipinski definition) is 3. The van der Waals surface area contributed by atoms with E-state index in [-0.39, 0.29) is 16.7 Å². The first-order valence-corrected chi connectivity index (χ1v) is 9.45. The lowest BCUT2D eigenvalue weighted by molar-refractivity contribution is -0.116. The average Bonchev–Trinajstić information content (AvgIpc) is 3.07. The number of aromatic nitrogens is 1. The van der Waals surface area contributed by atoms with Crippen molar-refractivity contribution >= 4 is 5.91 Å². The van der Waals surface area contributed by atoms with Crippen molar-refractivity contribution in [3.8, 4) is 0 Å². The van der Waals surface area contributed by atoms with E-state index in [9.17, 15) is 4.79 Å². The second-order valence-corrected chi connectivity index (χ2v) is 8.89. The van der Waals surface area contributed by atoms with Gasteiger partial charge in [-0.25, -0.2) is 0 Å². The van der Waals surface area contributed by atoms with Crippen molar-refractivity contribution in [1.82, 2.24) is 10.5 Å². The predicted octanol–water partition coefficient (Wildman–Crippen LogP) is 3.38. The molecule has 1 aromatic heterocycles. The second kappa shape index (κ2) is 4.74. The van der Waals surface area contributed by atoms with Crippen LogP contribution in [-0.2, 0) is 16.6 Å². The maximum Gasteiger partial charge on any atom is 0.243 e. The van der Waals surface area contributed by atoms with Crippen LogP contribution in [0.2, 0.25) is 0 Å². The van der Waals surface area contributed by atoms with E-state index < -0.39 is 0 Å². The zero-order valence-electron chi connectivity index (χ0n) is 14.6. The van der Waals surface area contributed by atoms with Crippen molar-refractivity contribution < 1.29 is 9.32 Å². The fourth-order valence-electron chi connectivity index (χ4n) is 6.67. The zero-order valence-corrected chi connectivity index (χ0v) is 14.6. The Labute approximate surface area is 143 Å². The third-order valence-corrected chi connectivity index (χ3v) is 8.00. The van der Waals surface area contributed by atoms with Crippen LogP contribution >= 0.6 is 0 Å². The van der Waals surface area contributed by atoms with E-state index in [2.05, 4.69) is 24.3 Å². The van der Waals surface area contributed by atoms with Crippen molar-refractivity contribution in [2.75, 3.05) is 6.54 Å². The monoisotopic (exact) mass is 326 g/mol. The van der Waals surface area contributed by atoms with E-state index in [0.717, 1.165) is 31.7 Å². The molecule has 1 aliphatic heterocycles. The molecule has 1 aromatic rings.